The van der Waals surface area contributed by atoms with Crippen molar-refractivity contribution in [1.82, 2.24) is 10.2 Å². The van der Waals surface area contributed by atoms with Gasteiger partial charge in [-0.25, -0.2) is 0 Å². The van der Waals surface area contributed by atoms with Crippen LogP contribution in [-0.2, 0) is 16.1 Å². The van der Waals surface area contributed by atoms with Crippen LogP contribution in [0.15, 0.2) is 24.3 Å². The minimum atomic E-state index is -0.410. The van der Waals surface area contributed by atoms with E-state index in [0.717, 1.165) is 12.0 Å². The van der Waals surface area contributed by atoms with Crippen molar-refractivity contribution in [3.63, 3.8) is 0 Å². The number of carbonyl (C=O) groups is 1. The summed E-state index contributed by atoms with van der Waals surface area (Å²) in [5.74, 6) is 1.20. The second kappa shape index (κ2) is 8.42. The Morgan fingerprint density at radius 1 is 1.23 bits per heavy atom. The van der Waals surface area contributed by atoms with Crippen molar-refractivity contribution in [2.45, 2.75) is 13.0 Å². The molecule has 26 heavy (non-hydrogen) atoms. The number of hydrogen-bond donors (Lipinski definition) is 0. The summed E-state index contributed by atoms with van der Waals surface area (Å²) >= 11 is 11.9. The van der Waals surface area contributed by atoms with E-state index in [1.807, 2.05) is 0 Å². The molecule has 0 N–H and O–H groups in total. The third kappa shape index (κ3) is 4.68. The summed E-state index contributed by atoms with van der Waals surface area (Å²) in [5, 5.41) is 8.37. The average Bonchev–Trinajstić information content (AvgIpc) is 2.86. The monoisotopic (exact) mass is 397 g/mol. The number of likely N-dealkylation sites (N-methyl/N-ethyl adjacent to an activating group) is 1. The van der Waals surface area contributed by atoms with Crippen LogP contribution >= 0.6 is 23.2 Å². The first-order valence-electron chi connectivity index (χ1n) is 7.97. The number of hydrogen-bond acceptors (Lipinski definition) is 7. The molecular formula is C17H17Cl2N3O4. The molecule has 0 spiro atoms. The molecule has 138 valence electrons. The van der Waals surface area contributed by atoms with Gasteiger partial charge in [0.05, 0.1) is 18.2 Å². The molecule has 0 fully saturated rings. The molecular weight excluding hydrogens is 381 g/mol. The maximum Gasteiger partial charge on any atom is 0.325 e. The van der Waals surface area contributed by atoms with Crippen LogP contribution in [0.3, 0.4) is 0 Å². The van der Waals surface area contributed by atoms with Gasteiger partial charge in [-0.1, -0.05) is 23.2 Å². The Balaban J connectivity index is 1.58. The molecule has 0 saturated carbocycles. The normalized spacial score (nSPS) is 13.0. The standard InChI is InChI=1S/C17H17Cl2N3O4/c1-22(15-4-3-14(19)20-21-15)9-16(23)26-10-11-7-12(18)17-13(8-11)24-5-2-6-25-17/h3-4,7-8H,2,5-6,9-10H2,1H3. The van der Waals surface area contributed by atoms with Gasteiger partial charge in [0.15, 0.2) is 22.5 Å². The van der Waals surface area contributed by atoms with Gasteiger partial charge in [0.2, 0.25) is 0 Å². The van der Waals surface area contributed by atoms with E-state index in [-0.39, 0.29) is 18.3 Å². The predicted octanol–water partition coefficient (Wildman–Crippen LogP) is 3.12. The van der Waals surface area contributed by atoms with Gasteiger partial charge in [-0.05, 0) is 29.8 Å². The first-order chi connectivity index (χ1) is 12.5. The summed E-state index contributed by atoms with van der Waals surface area (Å²) in [6.07, 6.45) is 0.787. The fraction of sp³-hybridized carbons (Fsp3) is 0.353. The topological polar surface area (TPSA) is 73.8 Å². The van der Waals surface area contributed by atoms with Gasteiger partial charge in [0.1, 0.15) is 13.2 Å². The number of aromatic nitrogens is 2. The van der Waals surface area contributed by atoms with E-state index in [1.165, 1.54) is 0 Å². The zero-order chi connectivity index (χ0) is 18.5. The smallest absolute Gasteiger partial charge is 0.325 e. The predicted molar refractivity (Wildman–Crippen MR) is 97.2 cm³/mol. The van der Waals surface area contributed by atoms with Crippen molar-refractivity contribution < 1.29 is 19.0 Å². The molecule has 1 aromatic carbocycles. The Morgan fingerprint density at radius 2 is 2.04 bits per heavy atom. The minimum absolute atomic E-state index is 0.0224. The second-order valence-electron chi connectivity index (χ2n) is 5.69. The minimum Gasteiger partial charge on any atom is -0.489 e. The van der Waals surface area contributed by atoms with Crippen LogP contribution in [-0.4, -0.2) is 43.0 Å². The first-order valence-corrected chi connectivity index (χ1v) is 8.72. The van der Waals surface area contributed by atoms with Crippen LogP contribution in [0, 0.1) is 0 Å². The van der Waals surface area contributed by atoms with E-state index >= 15 is 0 Å². The van der Waals surface area contributed by atoms with Crippen molar-refractivity contribution in [3.8, 4) is 11.5 Å². The SMILES string of the molecule is CN(CC(=O)OCc1cc(Cl)c2c(c1)OCCCO2)c1ccc(Cl)nn1. The third-order valence-electron chi connectivity index (χ3n) is 3.64. The Labute approximate surface area is 160 Å². The van der Waals surface area contributed by atoms with Gasteiger partial charge in [0.25, 0.3) is 0 Å². The molecule has 0 unspecified atom stereocenters. The lowest BCUT2D eigenvalue weighted by atomic mass is 10.2. The average molecular weight is 398 g/mol. The van der Waals surface area contributed by atoms with Crippen LogP contribution in [0.1, 0.15) is 12.0 Å². The van der Waals surface area contributed by atoms with Crippen molar-refractivity contribution in [1.29, 1.82) is 0 Å². The van der Waals surface area contributed by atoms with Crippen molar-refractivity contribution >= 4 is 35.0 Å². The Bertz CT molecular complexity index is 786. The Kier molecular flexibility index (Phi) is 6.00. The highest BCUT2D eigenvalue weighted by atomic mass is 35.5. The number of anilines is 1. The Hall–Kier alpha value is -2.25. The second-order valence-corrected chi connectivity index (χ2v) is 6.48. The summed E-state index contributed by atoms with van der Waals surface area (Å²) in [6.45, 7) is 1.21. The van der Waals surface area contributed by atoms with Gasteiger partial charge in [-0.2, -0.15) is 0 Å². The molecule has 1 aromatic heterocycles. The molecule has 0 aliphatic carbocycles. The highest BCUT2D eigenvalue weighted by molar-refractivity contribution is 6.32. The first kappa shape index (κ1) is 18.5. The van der Waals surface area contributed by atoms with Crippen LogP contribution in [0.5, 0.6) is 11.5 Å². The fourth-order valence-electron chi connectivity index (χ4n) is 2.36. The van der Waals surface area contributed by atoms with Crippen molar-refractivity contribution in [3.05, 3.63) is 40.0 Å². The van der Waals surface area contributed by atoms with Crippen molar-refractivity contribution in [2.24, 2.45) is 0 Å². The number of ether oxygens (including phenoxy) is 3. The lowest BCUT2D eigenvalue weighted by Crippen LogP contribution is -2.27. The van der Waals surface area contributed by atoms with E-state index < -0.39 is 5.97 Å². The zero-order valence-electron chi connectivity index (χ0n) is 14.1. The van der Waals surface area contributed by atoms with Gasteiger partial charge >= 0.3 is 5.97 Å². The van der Waals surface area contributed by atoms with E-state index in [2.05, 4.69) is 10.2 Å². The number of nitrogens with zero attached hydrogens (tertiary/aromatic N) is 3. The zero-order valence-corrected chi connectivity index (χ0v) is 15.6. The number of fused-ring (bicyclic) bond motifs is 1. The number of esters is 1. The lowest BCUT2D eigenvalue weighted by Gasteiger charge is -2.16. The van der Waals surface area contributed by atoms with Crippen molar-refractivity contribution in [2.75, 3.05) is 31.7 Å². The summed E-state index contributed by atoms with van der Waals surface area (Å²) in [6, 6.07) is 6.75. The molecule has 0 bridgehead atoms. The molecule has 9 heteroatoms. The number of rotatable bonds is 5. The molecule has 7 nitrogen and oxygen atoms in total. The molecule has 0 radical (unpaired) electrons. The molecule has 1 aliphatic heterocycles. The molecule has 2 heterocycles. The van der Waals surface area contributed by atoms with Gasteiger partial charge in [0, 0.05) is 13.5 Å². The maximum absolute atomic E-state index is 12.1. The summed E-state index contributed by atoms with van der Waals surface area (Å²) < 4.78 is 16.5. The van der Waals surface area contributed by atoms with Gasteiger partial charge in [-0.15, -0.1) is 10.2 Å². The van der Waals surface area contributed by atoms with E-state index in [9.17, 15) is 4.79 Å². The quantitative estimate of drug-likeness (QED) is 0.717. The van der Waals surface area contributed by atoms with Crippen LogP contribution in [0.4, 0.5) is 5.82 Å². The van der Waals surface area contributed by atoms with E-state index in [0.29, 0.717) is 35.6 Å². The van der Waals surface area contributed by atoms with E-state index in [4.69, 9.17) is 37.4 Å². The molecule has 0 atom stereocenters. The van der Waals surface area contributed by atoms with Gasteiger partial charge < -0.3 is 19.1 Å². The van der Waals surface area contributed by atoms with Crippen LogP contribution < -0.4 is 14.4 Å². The number of halogens is 2. The largest absolute Gasteiger partial charge is 0.489 e. The summed E-state index contributed by atoms with van der Waals surface area (Å²) in [4.78, 5) is 13.7. The van der Waals surface area contributed by atoms with Crippen LogP contribution in [0.2, 0.25) is 10.2 Å². The van der Waals surface area contributed by atoms with E-state index in [1.54, 1.807) is 36.2 Å². The summed E-state index contributed by atoms with van der Waals surface area (Å²) in [5.41, 5.74) is 0.724. The molecule has 3 rings (SSSR count). The molecule has 0 amide bonds. The molecule has 1 aliphatic rings. The molecule has 2 aromatic rings. The fourth-order valence-corrected chi connectivity index (χ4v) is 2.75. The van der Waals surface area contributed by atoms with Crippen LogP contribution in [0.25, 0.3) is 0 Å². The maximum atomic E-state index is 12.1. The van der Waals surface area contributed by atoms with Gasteiger partial charge in [-0.3, -0.25) is 4.79 Å². The molecule has 0 saturated heterocycles. The Morgan fingerprint density at radius 3 is 2.81 bits per heavy atom. The third-order valence-corrected chi connectivity index (χ3v) is 4.12. The lowest BCUT2D eigenvalue weighted by molar-refractivity contribution is -0.143. The summed E-state index contributed by atoms with van der Waals surface area (Å²) in [7, 11) is 1.71. The highest BCUT2D eigenvalue weighted by Gasteiger charge is 2.17. The number of carbonyl (C=O) groups excluding carboxylic acids is 1. The number of benzene rings is 1. The highest BCUT2D eigenvalue weighted by Crippen LogP contribution is 2.38.